The highest BCUT2D eigenvalue weighted by atomic mass is 16.5. The van der Waals surface area contributed by atoms with Crippen LogP contribution in [-0.4, -0.2) is 25.4 Å². The molecule has 2 fully saturated rings. The third-order valence-electron chi connectivity index (χ3n) is 4.84. The van der Waals surface area contributed by atoms with E-state index in [2.05, 4.69) is 51.2 Å². The molecule has 1 N–H and O–H groups in total. The van der Waals surface area contributed by atoms with E-state index in [1.54, 1.807) is 0 Å². The van der Waals surface area contributed by atoms with Gasteiger partial charge in [-0.15, -0.1) is 0 Å². The summed E-state index contributed by atoms with van der Waals surface area (Å²) >= 11 is 0. The number of hydrogen-bond acceptors (Lipinski definition) is 3. The van der Waals surface area contributed by atoms with Gasteiger partial charge in [0.05, 0.1) is 12.7 Å². The molecular formula is C18H27NO2. The van der Waals surface area contributed by atoms with E-state index >= 15 is 0 Å². The predicted octanol–water partition coefficient (Wildman–Crippen LogP) is 3.95. The molecule has 0 amide bonds. The number of anilines is 1. The van der Waals surface area contributed by atoms with Crippen LogP contribution in [0.2, 0.25) is 0 Å². The number of rotatable bonds is 5. The molecule has 21 heavy (non-hydrogen) atoms. The normalized spacial score (nSPS) is 29.9. The Hall–Kier alpha value is -1.22. The van der Waals surface area contributed by atoms with Crippen LogP contribution in [0.15, 0.2) is 24.3 Å². The minimum atomic E-state index is 0.204. The third kappa shape index (κ3) is 2.76. The summed E-state index contributed by atoms with van der Waals surface area (Å²) in [6.45, 7) is 10.6. The standard InChI is InChI=1S/C18H27NO2/c1-12(2)11-21-14-7-5-6-13(10-14)19-16-15-8-9-20-17(15)18(16,3)4/h5-7,10,12,15-17,19H,8-9,11H2,1-4H3. The Bertz CT molecular complexity index is 498. The van der Waals surface area contributed by atoms with E-state index in [9.17, 15) is 0 Å². The van der Waals surface area contributed by atoms with Crippen LogP contribution >= 0.6 is 0 Å². The molecule has 3 unspecified atom stereocenters. The summed E-state index contributed by atoms with van der Waals surface area (Å²) in [6, 6.07) is 8.82. The first-order valence-corrected chi connectivity index (χ1v) is 8.09. The molecule has 2 aliphatic rings. The molecule has 3 atom stereocenters. The van der Waals surface area contributed by atoms with Gasteiger partial charge in [0.15, 0.2) is 0 Å². The van der Waals surface area contributed by atoms with Crippen molar-refractivity contribution in [2.45, 2.75) is 46.3 Å². The minimum Gasteiger partial charge on any atom is -0.493 e. The van der Waals surface area contributed by atoms with E-state index in [0.29, 0.717) is 24.0 Å². The Morgan fingerprint density at radius 1 is 1.38 bits per heavy atom. The van der Waals surface area contributed by atoms with Gasteiger partial charge < -0.3 is 14.8 Å². The molecule has 3 heteroatoms. The molecule has 1 aliphatic carbocycles. The summed E-state index contributed by atoms with van der Waals surface area (Å²) in [5.41, 5.74) is 1.36. The van der Waals surface area contributed by atoms with Crippen LogP contribution < -0.4 is 10.1 Å². The molecule has 0 spiro atoms. The summed E-state index contributed by atoms with van der Waals surface area (Å²) in [5, 5.41) is 3.71. The van der Waals surface area contributed by atoms with E-state index in [1.165, 1.54) is 6.42 Å². The van der Waals surface area contributed by atoms with Crippen LogP contribution in [-0.2, 0) is 4.74 Å². The Morgan fingerprint density at radius 3 is 2.95 bits per heavy atom. The molecule has 1 aliphatic heterocycles. The largest absolute Gasteiger partial charge is 0.493 e. The van der Waals surface area contributed by atoms with E-state index in [0.717, 1.165) is 24.7 Å². The number of fused-ring (bicyclic) bond motifs is 1. The van der Waals surface area contributed by atoms with Gasteiger partial charge in [-0.25, -0.2) is 0 Å². The van der Waals surface area contributed by atoms with Crippen molar-refractivity contribution in [1.82, 2.24) is 0 Å². The highest BCUT2D eigenvalue weighted by Gasteiger charge is 2.59. The molecule has 1 saturated heterocycles. The minimum absolute atomic E-state index is 0.204. The summed E-state index contributed by atoms with van der Waals surface area (Å²) in [7, 11) is 0. The lowest BCUT2D eigenvalue weighted by molar-refractivity contribution is -0.0923. The molecular weight excluding hydrogens is 262 g/mol. The SMILES string of the molecule is CC(C)COc1cccc(NC2C3CCOC3C2(C)C)c1. The molecule has 1 aromatic carbocycles. The monoisotopic (exact) mass is 289 g/mol. The second-order valence-corrected chi connectivity index (χ2v) is 7.42. The Labute approximate surface area is 128 Å². The number of ether oxygens (including phenoxy) is 2. The van der Waals surface area contributed by atoms with E-state index in [1.807, 2.05) is 6.07 Å². The van der Waals surface area contributed by atoms with Gasteiger partial charge in [0.2, 0.25) is 0 Å². The van der Waals surface area contributed by atoms with Gasteiger partial charge in [-0.1, -0.05) is 33.8 Å². The maximum Gasteiger partial charge on any atom is 0.121 e. The fraction of sp³-hybridized carbons (Fsp3) is 0.667. The third-order valence-corrected chi connectivity index (χ3v) is 4.84. The molecule has 0 aromatic heterocycles. The lowest BCUT2D eigenvalue weighted by atomic mass is 9.57. The van der Waals surface area contributed by atoms with E-state index in [-0.39, 0.29) is 5.41 Å². The van der Waals surface area contributed by atoms with Gasteiger partial charge in [-0.3, -0.25) is 0 Å². The highest BCUT2D eigenvalue weighted by Crippen LogP contribution is 2.53. The van der Waals surface area contributed by atoms with Crippen molar-refractivity contribution in [3.8, 4) is 5.75 Å². The second-order valence-electron chi connectivity index (χ2n) is 7.42. The summed E-state index contributed by atoms with van der Waals surface area (Å²) in [5.74, 6) is 2.15. The molecule has 3 rings (SSSR count). The van der Waals surface area contributed by atoms with Crippen molar-refractivity contribution in [3.63, 3.8) is 0 Å². The maximum absolute atomic E-state index is 5.86. The molecule has 1 heterocycles. The van der Waals surface area contributed by atoms with Gasteiger partial charge in [0.1, 0.15) is 5.75 Å². The molecule has 0 radical (unpaired) electrons. The zero-order chi connectivity index (χ0) is 15.0. The highest BCUT2D eigenvalue weighted by molar-refractivity contribution is 5.50. The fourth-order valence-corrected chi connectivity index (χ4v) is 3.74. The topological polar surface area (TPSA) is 30.5 Å². The number of benzene rings is 1. The summed E-state index contributed by atoms with van der Waals surface area (Å²) in [4.78, 5) is 0. The van der Waals surface area contributed by atoms with Crippen molar-refractivity contribution < 1.29 is 9.47 Å². The second kappa shape index (κ2) is 5.53. The quantitative estimate of drug-likeness (QED) is 0.890. The van der Waals surface area contributed by atoms with Crippen molar-refractivity contribution >= 4 is 5.69 Å². The van der Waals surface area contributed by atoms with Crippen LogP contribution in [0.25, 0.3) is 0 Å². The predicted molar refractivity (Wildman–Crippen MR) is 85.8 cm³/mol. The lowest BCUT2D eigenvalue weighted by Crippen LogP contribution is -2.63. The van der Waals surface area contributed by atoms with Crippen molar-refractivity contribution in [2.24, 2.45) is 17.3 Å². The lowest BCUT2D eigenvalue weighted by Gasteiger charge is -2.55. The smallest absolute Gasteiger partial charge is 0.121 e. The van der Waals surface area contributed by atoms with E-state index < -0.39 is 0 Å². The van der Waals surface area contributed by atoms with Gasteiger partial charge in [-0.05, 0) is 24.5 Å². The Balaban J connectivity index is 1.66. The zero-order valence-corrected chi connectivity index (χ0v) is 13.6. The van der Waals surface area contributed by atoms with Gasteiger partial charge in [0.25, 0.3) is 0 Å². The number of hydrogen-bond donors (Lipinski definition) is 1. The molecule has 0 bridgehead atoms. The Kier molecular flexibility index (Phi) is 3.87. The van der Waals surface area contributed by atoms with Crippen LogP contribution in [0.3, 0.4) is 0 Å². The van der Waals surface area contributed by atoms with Crippen LogP contribution in [0.5, 0.6) is 5.75 Å². The van der Waals surface area contributed by atoms with Crippen molar-refractivity contribution in [3.05, 3.63) is 24.3 Å². The summed E-state index contributed by atoms with van der Waals surface area (Å²) < 4.78 is 11.7. The maximum atomic E-state index is 5.86. The number of nitrogens with one attached hydrogen (secondary N) is 1. The van der Waals surface area contributed by atoms with Crippen molar-refractivity contribution in [2.75, 3.05) is 18.5 Å². The zero-order valence-electron chi connectivity index (χ0n) is 13.6. The average molecular weight is 289 g/mol. The fourth-order valence-electron chi connectivity index (χ4n) is 3.74. The van der Waals surface area contributed by atoms with Crippen LogP contribution in [0, 0.1) is 17.3 Å². The van der Waals surface area contributed by atoms with Crippen LogP contribution in [0.1, 0.15) is 34.1 Å². The first kappa shape index (κ1) is 14.7. The molecule has 1 saturated carbocycles. The first-order chi connectivity index (χ1) is 9.98. The van der Waals surface area contributed by atoms with Gasteiger partial charge in [-0.2, -0.15) is 0 Å². The molecule has 1 aromatic rings. The van der Waals surface area contributed by atoms with Crippen molar-refractivity contribution in [1.29, 1.82) is 0 Å². The van der Waals surface area contributed by atoms with Gasteiger partial charge in [0, 0.05) is 35.7 Å². The first-order valence-electron chi connectivity index (χ1n) is 8.09. The summed E-state index contributed by atoms with van der Waals surface area (Å²) in [6.07, 6.45) is 1.60. The van der Waals surface area contributed by atoms with Crippen LogP contribution in [0.4, 0.5) is 5.69 Å². The van der Waals surface area contributed by atoms with E-state index in [4.69, 9.17) is 9.47 Å². The van der Waals surface area contributed by atoms with Gasteiger partial charge >= 0.3 is 0 Å². The molecule has 3 nitrogen and oxygen atoms in total. The average Bonchev–Trinajstić information content (AvgIpc) is 2.90. The Morgan fingerprint density at radius 2 is 2.19 bits per heavy atom. The molecule has 116 valence electrons.